The van der Waals surface area contributed by atoms with Gasteiger partial charge in [-0.25, -0.2) is 9.67 Å². The van der Waals surface area contributed by atoms with Crippen LogP contribution >= 0.6 is 0 Å². The van der Waals surface area contributed by atoms with E-state index in [0.717, 1.165) is 34.9 Å². The van der Waals surface area contributed by atoms with E-state index in [1.54, 1.807) is 6.07 Å². The highest BCUT2D eigenvalue weighted by molar-refractivity contribution is 5.66. The molecular formula is C22H25N5O. The van der Waals surface area contributed by atoms with E-state index < -0.39 is 0 Å². The number of aryl methyl sites for hydroxylation is 1. The molecule has 2 fully saturated rings. The molecule has 3 heterocycles. The average Bonchev–Trinajstić information content (AvgIpc) is 3.33. The second-order valence-electron chi connectivity index (χ2n) is 8.10. The lowest BCUT2D eigenvalue weighted by Gasteiger charge is -2.27. The molecular weight excluding hydrogens is 350 g/mol. The topological polar surface area (TPSA) is 64.7 Å². The average molecular weight is 375 g/mol. The molecule has 0 spiro atoms. The van der Waals surface area contributed by atoms with Gasteiger partial charge in [-0.15, -0.1) is 0 Å². The van der Waals surface area contributed by atoms with Crippen LogP contribution in [0.2, 0.25) is 0 Å². The van der Waals surface area contributed by atoms with Gasteiger partial charge in [0.1, 0.15) is 5.82 Å². The smallest absolute Gasteiger partial charge is 0.250 e. The minimum atomic E-state index is 0.0534. The zero-order chi connectivity index (χ0) is 19.1. The van der Waals surface area contributed by atoms with Crippen molar-refractivity contribution in [2.45, 2.75) is 51.6 Å². The zero-order valence-corrected chi connectivity index (χ0v) is 16.1. The van der Waals surface area contributed by atoms with Crippen molar-refractivity contribution in [1.82, 2.24) is 19.3 Å². The lowest BCUT2D eigenvalue weighted by atomic mass is 9.93. The van der Waals surface area contributed by atoms with E-state index in [2.05, 4.69) is 16.5 Å². The maximum atomic E-state index is 12.1. The summed E-state index contributed by atoms with van der Waals surface area (Å²) in [5.41, 5.74) is 4.05. The first-order valence-corrected chi connectivity index (χ1v) is 10.2. The monoisotopic (exact) mass is 375 g/mol. The van der Waals surface area contributed by atoms with Gasteiger partial charge in [-0.1, -0.05) is 0 Å². The highest BCUT2D eigenvalue weighted by Gasteiger charge is 2.22. The van der Waals surface area contributed by atoms with Crippen molar-refractivity contribution in [3.05, 3.63) is 58.9 Å². The third kappa shape index (κ3) is 3.46. The summed E-state index contributed by atoms with van der Waals surface area (Å²) in [6.45, 7) is 2.84. The van der Waals surface area contributed by atoms with Crippen LogP contribution in [-0.4, -0.2) is 25.4 Å². The molecule has 0 atom stereocenters. The van der Waals surface area contributed by atoms with Crippen LogP contribution in [-0.2, 0) is 6.54 Å². The number of rotatable bonds is 6. The highest BCUT2D eigenvalue weighted by Crippen LogP contribution is 2.30. The van der Waals surface area contributed by atoms with Crippen molar-refractivity contribution >= 4 is 5.82 Å². The fourth-order valence-corrected chi connectivity index (χ4v) is 3.69. The Morgan fingerprint density at radius 2 is 1.96 bits per heavy atom. The maximum Gasteiger partial charge on any atom is 0.250 e. The van der Waals surface area contributed by atoms with E-state index in [1.807, 2.05) is 46.9 Å². The molecule has 6 heteroatoms. The number of aromatic nitrogens is 4. The van der Waals surface area contributed by atoms with Gasteiger partial charge < -0.3 is 9.88 Å². The summed E-state index contributed by atoms with van der Waals surface area (Å²) in [5.74, 6) is 1.60. The second kappa shape index (κ2) is 6.93. The first kappa shape index (κ1) is 17.2. The molecule has 28 heavy (non-hydrogen) atoms. The summed E-state index contributed by atoms with van der Waals surface area (Å²) >= 11 is 0. The number of nitrogens with zero attached hydrogens (tertiary/aromatic N) is 4. The Hall–Kier alpha value is -2.89. The Kier molecular flexibility index (Phi) is 4.26. The van der Waals surface area contributed by atoms with Crippen LogP contribution in [0.25, 0.3) is 16.8 Å². The van der Waals surface area contributed by atoms with E-state index in [-0.39, 0.29) is 5.56 Å². The summed E-state index contributed by atoms with van der Waals surface area (Å²) in [6.07, 6.45) is 12.0. The molecule has 3 aromatic heterocycles. The minimum Gasteiger partial charge on any atom is -0.367 e. The van der Waals surface area contributed by atoms with Crippen molar-refractivity contribution in [3.8, 4) is 16.8 Å². The normalized spacial score (nSPS) is 16.8. The van der Waals surface area contributed by atoms with Crippen molar-refractivity contribution in [2.24, 2.45) is 5.92 Å². The summed E-state index contributed by atoms with van der Waals surface area (Å²) < 4.78 is 3.64. The first-order chi connectivity index (χ1) is 13.7. The van der Waals surface area contributed by atoms with Crippen molar-refractivity contribution < 1.29 is 0 Å². The molecule has 0 aromatic carbocycles. The quantitative estimate of drug-likeness (QED) is 0.712. The van der Waals surface area contributed by atoms with Gasteiger partial charge in [0, 0.05) is 47.9 Å². The summed E-state index contributed by atoms with van der Waals surface area (Å²) in [7, 11) is 0. The van der Waals surface area contributed by atoms with Gasteiger partial charge in [-0.2, -0.15) is 5.10 Å². The van der Waals surface area contributed by atoms with E-state index in [9.17, 15) is 4.79 Å². The van der Waals surface area contributed by atoms with Crippen LogP contribution in [0.4, 0.5) is 5.82 Å². The maximum absolute atomic E-state index is 12.1. The van der Waals surface area contributed by atoms with Gasteiger partial charge >= 0.3 is 0 Å². The van der Waals surface area contributed by atoms with Gasteiger partial charge in [-0.05, 0) is 63.1 Å². The molecule has 5 rings (SSSR count). The molecule has 0 aliphatic heterocycles. The number of anilines is 1. The lowest BCUT2D eigenvalue weighted by Crippen LogP contribution is -2.27. The number of hydrogen-bond donors (Lipinski definition) is 1. The largest absolute Gasteiger partial charge is 0.367 e. The lowest BCUT2D eigenvalue weighted by molar-refractivity contribution is 0.444. The second-order valence-corrected chi connectivity index (χ2v) is 8.10. The van der Waals surface area contributed by atoms with Crippen molar-refractivity contribution in [3.63, 3.8) is 0 Å². The fraction of sp³-hybridized carbons (Fsp3) is 0.409. The molecule has 1 N–H and O–H groups in total. The number of hydrogen-bond acceptors (Lipinski definition) is 4. The van der Waals surface area contributed by atoms with Crippen LogP contribution in [0.15, 0.2) is 47.7 Å². The molecule has 0 unspecified atom stereocenters. The van der Waals surface area contributed by atoms with Gasteiger partial charge in [0.15, 0.2) is 0 Å². The molecule has 2 saturated carbocycles. The Morgan fingerprint density at radius 3 is 2.68 bits per heavy atom. The van der Waals surface area contributed by atoms with E-state index in [4.69, 9.17) is 4.98 Å². The molecule has 0 radical (unpaired) electrons. The molecule has 144 valence electrons. The van der Waals surface area contributed by atoms with Gasteiger partial charge in [0.2, 0.25) is 0 Å². The first-order valence-electron chi connectivity index (χ1n) is 10.2. The Morgan fingerprint density at radius 1 is 1.11 bits per heavy atom. The Labute approximate surface area is 164 Å². The SMILES string of the molecule is Cc1nc(NC2CCC2)ccc1-c1cnn(-c2ccc(=O)n(CC3CC3)c2)c1. The van der Waals surface area contributed by atoms with Crippen molar-refractivity contribution in [1.29, 1.82) is 0 Å². The van der Waals surface area contributed by atoms with Crippen LogP contribution < -0.4 is 10.9 Å². The molecule has 0 saturated heterocycles. The minimum absolute atomic E-state index is 0.0534. The van der Waals surface area contributed by atoms with Crippen LogP contribution in [0.1, 0.15) is 37.8 Å². The predicted molar refractivity (Wildman–Crippen MR) is 110 cm³/mol. The summed E-state index contributed by atoms with van der Waals surface area (Å²) in [4.78, 5) is 16.8. The molecule has 0 bridgehead atoms. The number of nitrogens with one attached hydrogen (secondary N) is 1. The third-order valence-electron chi connectivity index (χ3n) is 5.82. The van der Waals surface area contributed by atoms with Crippen LogP contribution in [0.5, 0.6) is 0 Å². The Bertz CT molecular complexity index is 1060. The Balaban J connectivity index is 1.39. The summed E-state index contributed by atoms with van der Waals surface area (Å²) in [5, 5.41) is 8.02. The van der Waals surface area contributed by atoms with Gasteiger partial charge in [-0.3, -0.25) is 4.79 Å². The molecule has 6 nitrogen and oxygen atoms in total. The van der Waals surface area contributed by atoms with E-state index in [1.165, 1.54) is 32.1 Å². The number of pyridine rings is 2. The van der Waals surface area contributed by atoms with Gasteiger partial charge in [0.05, 0.1) is 11.9 Å². The van der Waals surface area contributed by atoms with E-state index in [0.29, 0.717) is 12.0 Å². The molecule has 3 aromatic rings. The van der Waals surface area contributed by atoms with Gasteiger partial charge in [0.25, 0.3) is 5.56 Å². The molecule has 2 aliphatic rings. The zero-order valence-electron chi connectivity index (χ0n) is 16.1. The van der Waals surface area contributed by atoms with Crippen molar-refractivity contribution in [2.75, 3.05) is 5.32 Å². The molecule has 2 aliphatic carbocycles. The van der Waals surface area contributed by atoms with E-state index >= 15 is 0 Å². The van der Waals surface area contributed by atoms with Crippen LogP contribution in [0, 0.1) is 12.8 Å². The third-order valence-corrected chi connectivity index (χ3v) is 5.82. The molecule has 0 amide bonds. The summed E-state index contributed by atoms with van der Waals surface area (Å²) in [6, 6.07) is 8.20. The standard InChI is InChI=1S/C22H25N5O/c1-15-20(8-9-21(24-15)25-18-3-2-4-18)17-11-23-27(13-17)19-7-10-22(28)26(14-19)12-16-5-6-16/h7-11,13-14,16,18H,2-6,12H2,1H3,(H,24,25). The van der Waals surface area contributed by atoms with Crippen LogP contribution in [0.3, 0.4) is 0 Å². The fourth-order valence-electron chi connectivity index (χ4n) is 3.69. The predicted octanol–water partition coefficient (Wildman–Crippen LogP) is 3.78. The highest BCUT2D eigenvalue weighted by atomic mass is 16.1.